The molecule has 3 aromatic rings. The number of para-hydroxylation sites is 1. The van der Waals surface area contributed by atoms with E-state index in [0.29, 0.717) is 0 Å². The van der Waals surface area contributed by atoms with Gasteiger partial charge in [0.15, 0.2) is 0 Å². The third-order valence-corrected chi connectivity index (χ3v) is 3.84. The highest BCUT2D eigenvalue weighted by atomic mass is 79.9. The quantitative estimate of drug-likeness (QED) is 0.639. The highest BCUT2D eigenvalue weighted by Gasteiger charge is 2.07. The molecule has 1 aromatic heterocycles. The first-order chi connectivity index (χ1) is 11.2. The Bertz CT molecular complexity index is 782. The van der Waals surface area contributed by atoms with E-state index in [2.05, 4.69) is 21.0 Å². The fraction of sp³-hybridized carbons (Fsp3) is 0.111. The lowest BCUT2D eigenvalue weighted by atomic mass is 10.2. The Balaban J connectivity index is 1.55. The van der Waals surface area contributed by atoms with Crippen LogP contribution >= 0.6 is 15.9 Å². The fourth-order valence-corrected chi connectivity index (χ4v) is 2.40. The van der Waals surface area contributed by atoms with Gasteiger partial charge in [0.05, 0.1) is 12.1 Å². The maximum atomic E-state index is 11.9. The molecular formula is C18H15BrN2O2. The molecule has 116 valence electrons. The molecule has 0 aliphatic rings. The number of carbonyl (C=O) groups is 1. The van der Waals surface area contributed by atoms with E-state index in [1.807, 2.05) is 66.9 Å². The number of nitrogens with zero attached hydrogens (tertiary/aromatic N) is 2. The SMILES string of the molecule is O=C(Cc1ccc(Br)cc1)OCc1ccn(-c2ccccc2)n1. The number of ether oxygens (including phenoxy) is 1. The summed E-state index contributed by atoms with van der Waals surface area (Å²) in [7, 11) is 0. The van der Waals surface area contributed by atoms with Crippen molar-refractivity contribution in [3.8, 4) is 5.69 Å². The van der Waals surface area contributed by atoms with Crippen LogP contribution < -0.4 is 0 Å². The van der Waals surface area contributed by atoms with Gasteiger partial charge in [0.25, 0.3) is 0 Å². The lowest BCUT2D eigenvalue weighted by Crippen LogP contribution is -2.08. The predicted molar refractivity (Wildman–Crippen MR) is 91.2 cm³/mol. The Morgan fingerprint density at radius 2 is 1.78 bits per heavy atom. The molecule has 3 rings (SSSR count). The Hall–Kier alpha value is -2.40. The second kappa shape index (κ2) is 7.24. The van der Waals surface area contributed by atoms with Crippen molar-refractivity contribution in [2.45, 2.75) is 13.0 Å². The second-order valence-electron chi connectivity index (χ2n) is 5.05. The van der Waals surface area contributed by atoms with Gasteiger partial charge in [0.2, 0.25) is 0 Å². The summed E-state index contributed by atoms with van der Waals surface area (Å²) >= 11 is 3.37. The number of benzene rings is 2. The summed E-state index contributed by atoms with van der Waals surface area (Å²) in [6.45, 7) is 0.176. The number of carbonyl (C=O) groups excluding carboxylic acids is 1. The van der Waals surface area contributed by atoms with E-state index < -0.39 is 0 Å². The molecule has 23 heavy (non-hydrogen) atoms. The largest absolute Gasteiger partial charge is 0.459 e. The smallest absolute Gasteiger partial charge is 0.310 e. The van der Waals surface area contributed by atoms with Crippen LogP contribution in [0.3, 0.4) is 0 Å². The highest BCUT2D eigenvalue weighted by molar-refractivity contribution is 9.10. The van der Waals surface area contributed by atoms with Gasteiger partial charge in [-0.3, -0.25) is 4.79 Å². The van der Waals surface area contributed by atoms with Crippen LogP contribution in [-0.2, 0) is 22.6 Å². The Morgan fingerprint density at radius 1 is 1.04 bits per heavy atom. The molecule has 0 aliphatic heterocycles. The van der Waals surface area contributed by atoms with Crippen molar-refractivity contribution in [1.29, 1.82) is 0 Å². The maximum absolute atomic E-state index is 11.9. The molecular weight excluding hydrogens is 356 g/mol. The third-order valence-electron chi connectivity index (χ3n) is 3.31. The van der Waals surface area contributed by atoms with Gasteiger partial charge in [-0.1, -0.05) is 46.3 Å². The lowest BCUT2D eigenvalue weighted by molar-refractivity contribution is -0.144. The van der Waals surface area contributed by atoms with Crippen LogP contribution in [0.1, 0.15) is 11.3 Å². The van der Waals surface area contributed by atoms with Crippen LogP contribution in [0, 0.1) is 0 Å². The first-order valence-corrected chi connectivity index (χ1v) is 8.00. The normalized spacial score (nSPS) is 10.5. The van der Waals surface area contributed by atoms with E-state index in [4.69, 9.17) is 4.74 Å². The molecule has 0 fully saturated rings. The molecule has 0 saturated heterocycles. The summed E-state index contributed by atoms with van der Waals surface area (Å²) in [6.07, 6.45) is 2.11. The van der Waals surface area contributed by atoms with Gasteiger partial charge >= 0.3 is 5.97 Å². The van der Waals surface area contributed by atoms with E-state index >= 15 is 0 Å². The summed E-state index contributed by atoms with van der Waals surface area (Å²) in [4.78, 5) is 11.9. The summed E-state index contributed by atoms with van der Waals surface area (Å²) in [5.74, 6) is -0.262. The van der Waals surface area contributed by atoms with Crippen molar-refractivity contribution >= 4 is 21.9 Å². The number of hydrogen-bond acceptors (Lipinski definition) is 3. The maximum Gasteiger partial charge on any atom is 0.310 e. The van der Waals surface area contributed by atoms with Crippen molar-refractivity contribution in [3.63, 3.8) is 0 Å². The first kappa shape index (κ1) is 15.5. The molecule has 0 radical (unpaired) electrons. The zero-order chi connectivity index (χ0) is 16.1. The average molecular weight is 371 g/mol. The van der Waals surface area contributed by atoms with Crippen LogP contribution in [0.15, 0.2) is 71.3 Å². The van der Waals surface area contributed by atoms with Gasteiger partial charge in [-0.15, -0.1) is 0 Å². The first-order valence-electron chi connectivity index (χ1n) is 7.21. The molecule has 0 aliphatic carbocycles. The van der Waals surface area contributed by atoms with E-state index in [1.165, 1.54) is 0 Å². The zero-order valence-corrected chi connectivity index (χ0v) is 13.9. The lowest BCUT2D eigenvalue weighted by Gasteiger charge is -2.04. The summed E-state index contributed by atoms with van der Waals surface area (Å²) in [5, 5.41) is 4.40. The average Bonchev–Trinajstić information content (AvgIpc) is 3.05. The fourth-order valence-electron chi connectivity index (χ4n) is 2.14. The molecule has 0 N–H and O–H groups in total. The van der Waals surface area contributed by atoms with Crippen LogP contribution in [-0.4, -0.2) is 15.7 Å². The second-order valence-corrected chi connectivity index (χ2v) is 5.97. The number of rotatable bonds is 5. The summed E-state index contributed by atoms with van der Waals surface area (Å²) in [5.41, 5.74) is 2.62. The van der Waals surface area contributed by atoms with Crippen LogP contribution in [0.25, 0.3) is 5.69 Å². The minimum absolute atomic E-state index is 0.176. The molecule has 5 heteroatoms. The topological polar surface area (TPSA) is 44.1 Å². The molecule has 2 aromatic carbocycles. The van der Waals surface area contributed by atoms with Crippen LogP contribution in [0.4, 0.5) is 0 Å². The van der Waals surface area contributed by atoms with Gasteiger partial charge in [-0.25, -0.2) is 4.68 Å². The van der Waals surface area contributed by atoms with E-state index in [1.54, 1.807) is 4.68 Å². The molecule has 0 saturated carbocycles. The predicted octanol–water partition coefficient (Wildman–Crippen LogP) is 3.92. The summed E-state index contributed by atoms with van der Waals surface area (Å²) < 4.78 is 8.03. The minimum atomic E-state index is -0.262. The van der Waals surface area contributed by atoms with E-state index in [-0.39, 0.29) is 19.0 Å². The van der Waals surface area contributed by atoms with Crippen molar-refractivity contribution in [3.05, 3.63) is 82.6 Å². The van der Waals surface area contributed by atoms with E-state index in [0.717, 1.165) is 21.4 Å². The van der Waals surface area contributed by atoms with Gasteiger partial charge in [-0.05, 0) is 35.9 Å². The third kappa shape index (κ3) is 4.29. The Labute approximate surface area is 142 Å². The molecule has 0 spiro atoms. The molecule has 0 amide bonds. The molecule has 4 nitrogen and oxygen atoms in total. The van der Waals surface area contributed by atoms with Crippen molar-refractivity contribution < 1.29 is 9.53 Å². The standard InChI is InChI=1S/C18H15BrN2O2/c19-15-8-6-14(7-9-15)12-18(22)23-13-16-10-11-21(20-16)17-4-2-1-3-5-17/h1-11H,12-13H2. The van der Waals surface area contributed by atoms with Gasteiger partial charge < -0.3 is 4.74 Å². The molecule has 0 atom stereocenters. The highest BCUT2D eigenvalue weighted by Crippen LogP contribution is 2.12. The molecule has 0 bridgehead atoms. The van der Waals surface area contributed by atoms with E-state index in [9.17, 15) is 4.79 Å². The number of aromatic nitrogens is 2. The van der Waals surface area contributed by atoms with Crippen molar-refractivity contribution in [1.82, 2.24) is 9.78 Å². The summed E-state index contributed by atoms with van der Waals surface area (Å²) in [6, 6.07) is 19.3. The zero-order valence-electron chi connectivity index (χ0n) is 12.4. The van der Waals surface area contributed by atoms with Gasteiger partial charge in [-0.2, -0.15) is 5.10 Å². The van der Waals surface area contributed by atoms with Crippen molar-refractivity contribution in [2.24, 2.45) is 0 Å². The number of esters is 1. The Morgan fingerprint density at radius 3 is 2.52 bits per heavy atom. The van der Waals surface area contributed by atoms with Crippen molar-refractivity contribution in [2.75, 3.05) is 0 Å². The van der Waals surface area contributed by atoms with Gasteiger partial charge in [0, 0.05) is 10.7 Å². The van der Waals surface area contributed by atoms with Crippen LogP contribution in [0.5, 0.6) is 0 Å². The number of hydrogen-bond donors (Lipinski definition) is 0. The molecule has 0 unspecified atom stereocenters. The minimum Gasteiger partial charge on any atom is -0.459 e. The Kier molecular flexibility index (Phi) is 4.88. The molecule has 1 heterocycles. The van der Waals surface area contributed by atoms with Crippen LogP contribution in [0.2, 0.25) is 0 Å². The van der Waals surface area contributed by atoms with Gasteiger partial charge in [0.1, 0.15) is 12.3 Å². The number of halogens is 1. The monoisotopic (exact) mass is 370 g/mol.